The van der Waals surface area contributed by atoms with Crippen LogP contribution in [-0.2, 0) is 4.79 Å². The van der Waals surface area contributed by atoms with Crippen molar-refractivity contribution < 1.29 is 15.0 Å². The molecule has 0 amide bonds. The van der Waals surface area contributed by atoms with Gasteiger partial charge < -0.3 is 10.2 Å². The number of hydrogen-bond donors (Lipinski definition) is 3. The third-order valence-corrected chi connectivity index (χ3v) is 2.67. The minimum atomic E-state index is -1.41. The quantitative estimate of drug-likeness (QED) is 0.449. The zero-order valence-corrected chi connectivity index (χ0v) is 10.3. The first-order valence-corrected chi connectivity index (χ1v) is 5.28. The van der Waals surface area contributed by atoms with Gasteiger partial charge in [0, 0.05) is 5.56 Å². The lowest BCUT2D eigenvalue weighted by atomic mass is 10.0. The highest BCUT2D eigenvalue weighted by Crippen LogP contribution is 2.27. The highest BCUT2D eigenvalue weighted by Gasteiger charge is 2.22. The predicted octanol–water partition coefficient (Wildman–Crippen LogP) is 3.28. The Morgan fingerprint density at radius 3 is 2.06 bits per heavy atom. The fourth-order valence-electron chi connectivity index (χ4n) is 1.30. The van der Waals surface area contributed by atoms with Crippen LogP contribution in [0.4, 0.5) is 0 Å². The van der Waals surface area contributed by atoms with E-state index in [4.69, 9.17) is 33.7 Å². The summed E-state index contributed by atoms with van der Waals surface area (Å²) >= 11 is 11.7. The number of halogens is 2. The number of aliphatic carboxylic acids is 1. The summed E-state index contributed by atoms with van der Waals surface area (Å²) in [5.41, 5.74) is -0.866. The molecule has 0 unspecified atom stereocenters. The topological polar surface area (TPSA) is 81.4 Å². The molecule has 0 aliphatic rings. The molecule has 0 aliphatic heterocycles. The van der Waals surface area contributed by atoms with Crippen molar-refractivity contribution >= 4 is 34.9 Å². The molecule has 90 valence electrons. The number of benzene rings is 1. The van der Waals surface area contributed by atoms with Crippen LogP contribution in [-0.4, -0.2) is 21.9 Å². The lowest BCUT2D eigenvalue weighted by molar-refractivity contribution is -0.132. The summed E-state index contributed by atoms with van der Waals surface area (Å²) < 4.78 is 0. The molecule has 1 aromatic carbocycles. The number of hydrogen-bond acceptors (Lipinski definition) is 3. The van der Waals surface area contributed by atoms with Crippen molar-refractivity contribution in [2.45, 2.75) is 6.92 Å². The van der Waals surface area contributed by atoms with E-state index < -0.39 is 23.0 Å². The number of carboxylic acid groups (broad SMARTS) is 1. The van der Waals surface area contributed by atoms with E-state index in [9.17, 15) is 9.90 Å². The van der Waals surface area contributed by atoms with Gasteiger partial charge in [-0.15, -0.1) is 0 Å². The van der Waals surface area contributed by atoms with Crippen molar-refractivity contribution in [1.82, 2.24) is 0 Å². The van der Waals surface area contributed by atoms with Gasteiger partial charge in [-0.1, -0.05) is 29.3 Å². The third-order valence-electron chi connectivity index (χ3n) is 2.04. The number of rotatable bonds is 3. The highest BCUT2D eigenvalue weighted by molar-refractivity contribution is 6.43. The van der Waals surface area contributed by atoms with Gasteiger partial charge in [0.15, 0.2) is 0 Å². The number of carbonyl (C=O) groups is 1. The summed E-state index contributed by atoms with van der Waals surface area (Å²) in [7, 11) is 0. The number of carboxylic acids is 1. The Morgan fingerprint density at radius 2 is 1.71 bits per heavy atom. The van der Waals surface area contributed by atoms with Crippen molar-refractivity contribution in [2.75, 3.05) is 0 Å². The van der Waals surface area contributed by atoms with Gasteiger partial charge in [-0.2, -0.15) is 0 Å². The van der Waals surface area contributed by atoms with Crippen LogP contribution in [0.15, 0.2) is 29.5 Å². The van der Waals surface area contributed by atoms with Crippen LogP contribution >= 0.6 is 23.2 Å². The van der Waals surface area contributed by atoms with Crippen LogP contribution in [0.5, 0.6) is 0 Å². The zero-order valence-electron chi connectivity index (χ0n) is 8.79. The summed E-state index contributed by atoms with van der Waals surface area (Å²) in [6.45, 7) is 1.18. The number of nitrogens with one attached hydrogen (secondary N) is 1. The van der Waals surface area contributed by atoms with Gasteiger partial charge in [0.1, 0.15) is 11.3 Å². The van der Waals surface area contributed by atoms with Crippen LogP contribution in [0.3, 0.4) is 0 Å². The Hall–Kier alpha value is -1.52. The summed E-state index contributed by atoms with van der Waals surface area (Å²) in [4.78, 5) is 10.9. The molecule has 17 heavy (non-hydrogen) atoms. The second kappa shape index (κ2) is 5.21. The van der Waals surface area contributed by atoms with Crippen LogP contribution in [0, 0.1) is 5.41 Å². The third kappa shape index (κ3) is 2.78. The summed E-state index contributed by atoms with van der Waals surface area (Å²) in [5, 5.41) is 26.3. The largest absolute Gasteiger partial charge is 0.512 e. The first kappa shape index (κ1) is 13.5. The molecular formula is C11H9Cl2NO3. The van der Waals surface area contributed by atoms with Gasteiger partial charge in [0.2, 0.25) is 0 Å². The maximum atomic E-state index is 10.9. The molecule has 0 fully saturated rings. The van der Waals surface area contributed by atoms with E-state index in [1.54, 1.807) is 6.07 Å². The maximum absolute atomic E-state index is 10.9. The van der Waals surface area contributed by atoms with Crippen molar-refractivity contribution in [3.05, 3.63) is 45.1 Å². The monoisotopic (exact) mass is 273 g/mol. The number of allylic oxidation sites excluding steroid dienone is 1. The molecule has 0 aliphatic carbocycles. The molecule has 4 nitrogen and oxygen atoms in total. The van der Waals surface area contributed by atoms with E-state index in [1.807, 2.05) is 0 Å². The Bertz CT molecular complexity index is 499. The van der Waals surface area contributed by atoms with Crippen molar-refractivity contribution in [1.29, 1.82) is 5.41 Å². The van der Waals surface area contributed by atoms with E-state index in [-0.39, 0.29) is 15.6 Å². The molecule has 1 aromatic rings. The Morgan fingerprint density at radius 1 is 1.24 bits per heavy atom. The fourth-order valence-corrected chi connectivity index (χ4v) is 1.89. The predicted molar refractivity (Wildman–Crippen MR) is 66.3 cm³/mol. The van der Waals surface area contributed by atoms with Crippen molar-refractivity contribution in [3.63, 3.8) is 0 Å². The Labute approximate surface area is 108 Å². The van der Waals surface area contributed by atoms with E-state index in [1.165, 1.54) is 19.1 Å². The molecular weight excluding hydrogens is 265 g/mol. The molecule has 0 saturated heterocycles. The van der Waals surface area contributed by atoms with Gasteiger partial charge in [0.05, 0.1) is 15.8 Å². The second-order valence-electron chi connectivity index (χ2n) is 3.24. The molecule has 1 rings (SSSR count). The standard InChI is InChI=1S/C11H9Cl2NO3/c1-5(15)8(11(16)17)10(14)9-6(12)3-2-4-7(9)13/h2-4,14-15H,1H3,(H,16,17)/b8-5-,14-10?. The summed E-state index contributed by atoms with van der Waals surface area (Å²) in [6, 6.07) is 4.56. The maximum Gasteiger partial charge on any atom is 0.341 e. The summed E-state index contributed by atoms with van der Waals surface area (Å²) in [6.07, 6.45) is 0. The van der Waals surface area contributed by atoms with E-state index in [2.05, 4.69) is 0 Å². The van der Waals surface area contributed by atoms with Gasteiger partial charge in [-0.3, -0.25) is 5.41 Å². The normalized spacial score (nSPS) is 11.9. The van der Waals surface area contributed by atoms with Crippen molar-refractivity contribution in [3.8, 4) is 0 Å². The molecule has 0 atom stereocenters. The van der Waals surface area contributed by atoms with Gasteiger partial charge >= 0.3 is 5.97 Å². The van der Waals surface area contributed by atoms with Gasteiger partial charge in [-0.05, 0) is 19.1 Å². The minimum absolute atomic E-state index is 0.0848. The SMILES string of the molecule is C/C(O)=C(\C(=N)c1c(Cl)cccc1Cl)C(=O)O. The fraction of sp³-hybridized carbons (Fsp3) is 0.0909. The smallest absolute Gasteiger partial charge is 0.341 e. The molecule has 3 N–H and O–H groups in total. The Kier molecular flexibility index (Phi) is 4.15. The van der Waals surface area contributed by atoms with Crippen LogP contribution in [0.1, 0.15) is 12.5 Å². The molecule has 0 bridgehead atoms. The minimum Gasteiger partial charge on any atom is -0.512 e. The lowest BCUT2D eigenvalue weighted by Crippen LogP contribution is -2.15. The average Bonchev–Trinajstić information content (AvgIpc) is 2.15. The molecule has 6 heteroatoms. The molecule has 0 spiro atoms. The average molecular weight is 274 g/mol. The van der Waals surface area contributed by atoms with E-state index >= 15 is 0 Å². The molecule has 0 saturated carbocycles. The Balaban J connectivity index is 3.40. The van der Waals surface area contributed by atoms with Crippen LogP contribution in [0.25, 0.3) is 0 Å². The number of aliphatic hydroxyl groups excluding tert-OH is 1. The van der Waals surface area contributed by atoms with Crippen molar-refractivity contribution in [2.24, 2.45) is 0 Å². The van der Waals surface area contributed by atoms with Gasteiger partial charge in [-0.25, -0.2) is 4.79 Å². The lowest BCUT2D eigenvalue weighted by Gasteiger charge is -2.09. The summed E-state index contributed by atoms with van der Waals surface area (Å²) in [5.74, 6) is -1.88. The van der Waals surface area contributed by atoms with Crippen LogP contribution < -0.4 is 0 Å². The first-order valence-electron chi connectivity index (χ1n) is 4.52. The van der Waals surface area contributed by atoms with E-state index in [0.29, 0.717) is 0 Å². The molecule has 0 aromatic heterocycles. The van der Waals surface area contributed by atoms with E-state index in [0.717, 1.165) is 0 Å². The molecule has 0 radical (unpaired) electrons. The zero-order chi connectivity index (χ0) is 13.2. The van der Waals surface area contributed by atoms with Crippen LogP contribution in [0.2, 0.25) is 10.0 Å². The van der Waals surface area contributed by atoms with Gasteiger partial charge in [0.25, 0.3) is 0 Å². The number of aliphatic hydroxyl groups is 1. The first-order chi connectivity index (χ1) is 7.86. The second-order valence-corrected chi connectivity index (χ2v) is 4.05. The molecule has 0 heterocycles. The highest BCUT2D eigenvalue weighted by atomic mass is 35.5.